The quantitative estimate of drug-likeness (QED) is 0.248. The number of nitrogens with one attached hydrogen (secondary N) is 4. The number of rotatable bonds is 8. The summed E-state index contributed by atoms with van der Waals surface area (Å²) in [5, 5.41) is 15.4. The van der Waals surface area contributed by atoms with Crippen LogP contribution in [0.1, 0.15) is 40.9 Å². The van der Waals surface area contributed by atoms with Gasteiger partial charge < -0.3 is 20.9 Å². The van der Waals surface area contributed by atoms with Gasteiger partial charge in [-0.3, -0.25) is 14.9 Å². The largest absolute Gasteiger partial charge is 0.367 e. The number of fused-ring (bicyclic) bond motifs is 1. The maximum atomic E-state index is 13.3. The summed E-state index contributed by atoms with van der Waals surface area (Å²) in [5.74, 6) is -2.62. The van der Waals surface area contributed by atoms with Crippen LogP contribution in [0.25, 0.3) is 22.3 Å². The molecule has 0 unspecified atom stereocenters. The highest BCUT2D eigenvalue weighted by Gasteiger charge is 2.33. The number of amides is 4. The Labute approximate surface area is 225 Å². The maximum Gasteiger partial charge on any atom is 0.326 e. The highest BCUT2D eigenvalue weighted by Crippen LogP contribution is 2.32. The zero-order valence-corrected chi connectivity index (χ0v) is 21.6. The van der Waals surface area contributed by atoms with Crippen LogP contribution in [0.15, 0.2) is 30.1 Å². The Hall–Kier alpha value is -3.91. The lowest BCUT2D eigenvalue weighted by Gasteiger charge is -2.31. The van der Waals surface area contributed by atoms with E-state index in [1.54, 1.807) is 16.8 Å². The lowest BCUT2D eigenvalue weighted by Crippen LogP contribution is -2.42. The zero-order chi connectivity index (χ0) is 27.1. The van der Waals surface area contributed by atoms with Crippen LogP contribution in [0.3, 0.4) is 0 Å². The van der Waals surface area contributed by atoms with Gasteiger partial charge in [0.1, 0.15) is 11.5 Å². The number of hydrogen-bond acceptors (Lipinski definition) is 8. The Kier molecular flexibility index (Phi) is 6.51. The molecule has 11 nitrogen and oxygen atoms in total. The molecule has 0 radical (unpaired) electrons. The number of imide groups is 1. The van der Waals surface area contributed by atoms with Gasteiger partial charge in [0, 0.05) is 56.7 Å². The first-order valence-electron chi connectivity index (χ1n) is 12.7. The van der Waals surface area contributed by atoms with E-state index in [2.05, 4.69) is 26.4 Å². The summed E-state index contributed by atoms with van der Waals surface area (Å²) in [6.07, 6.45) is 4.89. The Balaban J connectivity index is 1.20. The molecule has 3 aromatic rings. The Bertz CT molecular complexity index is 1490. The van der Waals surface area contributed by atoms with Crippen molar-refractivity contribution in [2.75, 3.05) is 31.5 Å². The van der Waals surface area contributed by atoms with Crippen LogP contribution >= 0.6 is 11.3 Å². The van der Waals surface area contributed by atoms with Gasteiger partial charge in [-0.1, -0.05) is 0 Å². The van der Waals surface area contributed by atoms with Crippen molar-refractivity contribution < 1.29 is 23.2 Å². The second-order valence-electron chi connectivity index (χ2n) is 9.86. The molecule has 0 bridgehead atoms. The van der Waals surface area contributed by atoms with Crippen molar-refractivity contribution in [1.29, 1.82) is 0 Å². The molecule has 0 atom stereocenters. The van der Waals surface area contributed by atoms with E-state index in [9.17, 15) is 23.2 Å². The summed E-state index contributed by atoms with van der Waals surface area (Å²) in [7, 11) is 0. The molecular formula is C25H26F2N8O3S. The molecule has 3 aromatic heterocycles. The van der Waals surface area contributed by atoms with Gasteiger partial charge in [-0.05, 0) is 31.1 Å². The fourth-order valence-electron chi connectivity index (χ4n) is 4.50. The number of carbonyl (C=O) groups is 3. The van der Waals surface area contributed by atoms with Crippen LogP contribution in [0.4, 0.5) is 19.4 Å². The van der Waals surface area contributed by atoms with Gasteiger partial charge in [-0.2, -0.15) is 9.61 Å². The number of aromatic nitrogens is 3. The van der Waals surface area contributed by atoms with Crippen molar-refractivity contribution in [3.05, 3.63) is 40.5 Å². The van der Waals surface area contributed by atoms with Gasteiger partial charge >= 0.3 is 6.03 Å². The topological polar surface area (TPSA) is 133 Å². The number of halogens is 2. The molecule has 1 aliphatic carbocycles. The fraction of sp³-hybridized carbons (Fsp3) is 0.400. The van der Waals surface area contributed by atoms with Gasteiger partial charge in [0.15, 0.2) is 5.65 Å². The first-order chi connectivity index (χ1) is 18.7. The minimum absolute atomic E-state index is 0.104. The summed E-state index contributed by atoms with van der Waals surface area (Å²) in [4.78, 5) is 44.3. The summed E-state index contributed by atoms with van der Waals surface area (Å²) >= 11 is 1.29. The molecule has 3 fully saturated rings. The van der Waals surface area contributed by atoms with Crippen molar-refractivity contribution >= 4 is 46.7 Å². The lowest BCUT2D eigenvalue weighted by molar-refractivity contribution is -0.115. The normalized spacial score (nSPS) is 20.3. The Morgan fingerprint density at radius 3 is 2.72 bits per heavy atom. The van der Waals surface area contributed by atoms with Crippen molar-refractivity contribution in [3.63, 3.8) is 0 Å². The Morgan fingerprint density at radius 2 is 2.00 bits per heavy atom. The molecule has 4 N–H and O–H groups in total. The molecule has 3 aliphatic rings. The maximum absolute atomic E-state index is 13.3. The van der Waals surface area contributed by atoms with E-state index in [1.807, 2.05) is 17.0 Å². The van der Waals surface area contributed by atoms with Crippen LogP contribution in [-0.4, -0.2) is 75.5 Å². The average Bonchev–Trinajstić information content (AvgIpc) is 3.27. The minimum atomic E-state index is -2.59. The third kappa shape index (κ3) is 5.61. The van der Waals surface area contributed by atoms with Gasteiger partial charge in [0.05, 0.1) is 21.6 Å². The molecule has 0 aromatic carbocycles. The van der Waals surface area contributed by atoms with E-state index in [0.29, 0.717) is 54.0 Å². The highest BCUT2D eigenvalue weighted by atomic mass is 32.1. The second-order valence-corrected chi connectivity index (χ2v) is 10.9. The predicted molar refractivity (Wildman–Crippen MR) is 141 cm³/mol. The third-order valence-electron chi connectivity index (χ3n) is 6.83. The van der Waals surface area contributed by atoms with Crippen molar-refractivity contribution in [2.45, 2.75) is 37.6 Å². The summed E-state index contributed by atoms with van der Waals surface area (Å²) in [5.41, 5.74) is 1.77. The number of hydrogen-bond donors (Lipinski definition) is 4. The minimum Gasteiger partial charge on any atom is -0.367 e. The summed E-state index contributed by atoms with van der Waals surface area (Å²) < 4.78 is 28.4. The molecule has 204 valence electrons. The molecular weight excluding hydrogens is 530 g/mol. The highest BCUT2D eigenvalue weighted by molar-refractivity contribution is 7.17. The lowest BCUT2D eigenvalue weighted by atomic mass is 10.1. The van der Waals surface area contributed by atoms with Crippen molar-refractivity contribution in [3.8, 4) is 10.6 Å². The van der Waals surface area contributed by atoms with E-state index < -0.39 is 17.9 Å². The van der Waals surface area contributed by atoms with Gasteiger partial charge in [-0.25, -0.2) is 18.6 Å². The molecule has 14 heteroatoms. The molecule has 2 aliphatic heterocycles. The number of piperidine rings is 1. The van der Waals surface area contributed by atoms with Crippen molar-refractivity contribution in [2.24, 2.45) is 0 Å². The van der Waals surface area contributed by atoms with Crippen LogP contribution in [0.5, 0.6) is 0 Å². The Morgan fingerprint density at radius 1 is 1.21 bits per heavy atom. The number of thiophene rings is 1. The molecule has 6 rings (SSSR count). The predicted octanol–water partition coefficient (Wildman–Crippen LogP) is 2.67. The SMILES string of the molecule is O=C1NC(=O)/C(=C/c2cnn3c(NC4CC4)cc(-c4ccc(C(=O)NCCN5CCC(F)(F)CC5)s4)nc23)N1. The third-order valence-corrected chi connectivity index (χ3v) is 7.94. The van der Waals surface area contributed by atoms with Gasteiger partial charge in [0.2, 0.25) is 0 Å². The molecule has 4 amide bonds. The van der Waals surface area contributed by atoms with Crippen LogP contribution in [0, 0.1) is 0 Å². The van der Waals surface area contributed by atoms with E-state index in [0.717, 1.165) is 23.5 Å². The zero-order valence-electron chi connectivity index (χ0n) is 20.8. The van der Waals surface area contributed by atoms with Crippen LogP contribution < -0.4 is 21.3 Å². The average molecular weight is 557 g/mol. The van der Waals surface area contributed by atoms with Gasteiger partial charge in [-0.15, -0.1) is 11.3 Å². The van der Waals surface area contributed by atoms with Crippen LogP contribution in [0.2, 0.25) is 0 Å². The molecule has 5 heterocycles. The first kappa shape index (κ1) is 25.4. The molecule has 2 saturated heterocycles. The van der Waals surface area contributed by atoms with E-state index in [-0.39, 0.29) is 24.4 Å². The van der Waals surface area contributed by atoms with E-state index in [1.165, 1.54) is 17.4 Å². The fourth-order valence-corrected chi connectivity index (χ4v) is 5.38. The standard InChI is InChI=1S/C25H26F2N8O3S/c26-25(27)5-8-34(9-6-25)10-7-28-23(37)19-4-3-18(39-19)16-12-20(30-15-1-2-15)35-21(31-16)14(13-29-35)11-17-22(36)33-24(38)32-17/h3-4,11-13,15,30H,1-2,5-10H2,(H,28,37)(H2,32,33,36,38)/b17-11-. The second kappa shape index (κ2) is 10.0. The molecule has 1 saturated carbocycles. The molecule has 39 heavy (non-hydrogen) atoms. The smallest absolute Gasteiger partial charge is 0.326 e. The number of anilines is 1. The summed E-state index contributed by atoms with van der Waals surface area (Å²) in [6.45, 7) is 1.53. The number of carbonyl (C=O) groups excluding carboxylic acids is 3. The van der Waals surface area contributed by atoms with Gasteiger partial charge in [0.25, 0.3) is 17.7 Å². The van der Waals surface area contributed by atoms with E-state index in [4.69, 9.17) is 4.98 Å². The number of alkyl halides is 2. The summed E-state index contributed by atoms with van der Waals surface area (Å²) in [6, 6.07) is 5.18. The number of likely N-dealkylation sites (tertiary alicyclic amines) is 1. The number of urea groups is 1. The van der Waals surface area contributed by atoms with Crippen molar-refractivity contribution in [1.82, 2.24) is 35.4 Å². The number of nitrogens with zero attached hydrogens (tertiary/aromatic N) is 4. The van der Waals surface area contributed by atoms with Crippen LogP contribution in [-0.2, 0) is 4.79 Å². The monoisotopic (exact) mass is 556 g/mol. The first-order valence-corrected chi connectivity index (χ1v) is 13.5. The van der Waals surface area contributed by atoms with E-state index >= 15 is 0 Å². The molecule has 0 spiro atoms.